The molecule has 1 unspecified atom stereocenters. The molecule has 0 heterocycles. The topological polar surface area (TPSA) is 43.4 Å². The Hall–Kier alpha value is -1.13. The Morgan fingerprint density at radius 3 is 2.50 bits per heavy atom. The van der Waals surface area contributed by atoms with E-state index < -0.39 is 10.1 Å². The normalized spacial score (nSPS) is 13.1. The molecule has 1 rings (SSSR count). The van der Waals surface area contributed by atoms with E-state index in [1.807, 2.05) is 13.0 Å². The molecule has 0 N–H and O–H groups in total. The Kier molecular flexibility index (Phi) is 6.96. The number of unbranched alkanes of at least 4 members (excludes halogenated alkanes) is 1. The van der Waals surface area contributed by atoms with Gasteiger partial charge >= 0.3 is 0 Å². The number of hydrogen-bond donors (Lipinski definition) is 0. The summed E-state index contributed by atoms with van der Waals surface area (Å²) >= 11 is 0. The molecular weight excluding hydrogens is 272 g/mol. The van der Waals surface area contributed by atoms with Gasteiger partial charge in [-0.25, -0.2) is 0 Å². The fourth-order valence-electron chi connectivity index (χ4n) is 1.89. The molecule has 112 valence electrons. The lowest BCUT2D eigenvalue weighted by molar-refractivity contribution is 0.281. The fourth-order valence-corrected chi connectivity index (χ4v) is 2.81. The van der Waals surface area contributed by atoms with Crippen LogP contribution in [-0.2, 0) is 14.3 Å². The molecule has 1 atom stereocenters. The molecule has 0 aliphatic heterocycles. The Balaban J connectivity index is 2.40. The molecule has 1 aromatic rings. The Morgan fingerprint density at radius 1 is 1.25 bits per heavy atom. The van der Waals surface area contributed by atoms with Gasteiger partial charge in [0.15, 0.2) is 0 Å². The molecule has 0 aliphatic carbocycles. The summed E-state index contributed by atoms with van der Waals surface area (Å²) in [5, 5.41) is 0. The van der Waals surface area contributed by atoms with Crippen LogP contribution in [0.15, 0.2) is 41.8 Å². The molecule has 0 amide bonds. The Bertz CT molecular complexity index is 503. The molecule has 1 aromatic carbocycles. The summed E-state index contributed by atoms with van der Waals surface area (Å²) in [7, 11) is -3.61. The van der Waals surface area contributed by atoms with Crippen molar-refractivity contribution in [3.05, 3.63) is 42.5 Å². The van der Waals surface area contributed by atoms with Crippen LogP contribution in [0.25, 0.3) is 0 Å². The van der Waals surface area contributed by atoms with E-state index >= 15 is 0 Å². The van der Waals surface area contributed by atoms with Crippen molar-refractivity contribution in [1.29, 1.82) is 0 Å². The highest BCUT2D eigenvalue weighted by atomic mass is 32.2. The predicted molar refractivity (Wildman–Crippen MR) is 82.1 cm³/mol. The average molecular weight is 296 g/mol. The summed E-state index contributed by atoms with van der Waals surface area (Å²) in [5.41, 5.74) is 1.03. The summed E-state index contributed by atoms with van der Waals surface area (Å²) < 4.78 is 29.0. The van der Waals surface area contributed by atoms with E-state index in [4.69, 9.17) is 4.18 Å². The molecule has 0 fully saturated rings. The maximum absolute atomic E-state index is 11.9. The van der Waals surface area contributed by atoms with Crippen molar-refractivity contribution in [1.82, 2.24) is 0 Å². The van der Waals surface area contributed by atoms with E-state index in [0.29, 0.717) is 5.92 Å². The maximum atomic E-state index is 11.9. The summed E-state index contributed by atoms with van der Waals surface area (Å²) in [5.74, 6) is 0.461. The van der Waals surface area contributed by atoms with Crippen molar-refractivity contribution in [2.75, 3.05) is 6.61 Å². The zero-order valence-electron chi connectivity index (χ0n) is 12.3. The number of aryl methyl sites for hydroxylation is 1. The van der Waals surface area contributed by atoms with E-state index in [2.05, 4.69) is 13.5 Å². The van der Waals surface area contributed by atoms with Gasteiger partial charge in [-0.05, 0) is 44.2 Å². The first-order valence-electron chi connectivity index (χ1n) is 7.02. The van der Waals surface area contributed by atoms with E-state index in [9.17, 15) is 8.42 Å². The number of allylic oxidation sites excluding steroid dienone is 1. The first kappa shape index (κ1) is 16.9. The first-order chi connectivity index (χ1) is 9.45. The van der Waals surface area contributed by atoms with Gasteiger partial charge in [-0.15, -0.1) is 6.58 Å². The van der Waals surface area contributed by atoms with Gasteiger partial charge in [0.25, 0.3) is 10.1 Å². The van der Waals surface area contributed by atoms with Crippen molar-refractivity contribution in [3.8, 4) is 0 Å². The molecule has 0 aromatic heterocycles. The molecule has 20 heavy (non-hydrogen) atoms. The van der Waals surface area contributed by atoms with E-state index in [1.165, 1.54) is 0 Å². The second kappa shape index (κ2) is 8.22. The Labute approximate surface area is 122 Å². The van der Waals surface area contributed by atoms with Crippen molar-refractivity contribution in [2.24, 2.45) is 5.92 Å². The quantitative estimate of drug-likeness (QED) is 0.392. The molecule has 0 bridgehead atoms. The zero-order chi connectivity index (χ0) is 15.0. The van der Waals surface area contributed by atoms with Crippen LogP contribution in [-0.4, -0.2) is 15.0 Å². The fraction of sp³-hybridized carbons (Fsp3) is 0.500. The van der Waals surface area contributed by atoms with Crippen LogP contribution in [0.3, 0.4) is 0 Å². The van der Waals surface area contributed by atoms with Crippen molar-refractivity contribution < 1.29 is 12.6 Å². The summed E-state index contributed by atoms with van der Waals surface area (Å²) in [6, 6.07) is 6.71. The molecule has 0 spiro atoms. The summed E-state index contributed by atoms with van der Waals surface area (Å²) in [6.45, 7) is 7.96. The largest absolute Gasteiger partial charge is 0.296 e. The highest BCUT2D eigenvalue weighted by molar-refractivity contribution is 7.86. The number of hydrogen-bond acceptors (Lipinski definition) is 3. The maximum Gasteiger partial charge on any atom is 0.296 e. The lowest BCUT2D eigenvalue weighted by Gasteiger charge is -2.11. The molecule has 0 radical (unpaired) electrons. The molecule has 0 saturated heterocycles. The van der Waals surface area contributed by atoms with E-state index in [0.717, 1.165) is 31.2 Å². The van der Waals surface area contributed by atoms with Crippen LogP contribution in [0.2, 0.25) is 0 Å². The van der Waals surface area contributed by atoms with Crippen molar-refractivity contribution >= 4 is 10.1 Å². The number of benzene rings is 1. The Morgan fingerprint density at radius 2 is 1.90 bits per heavy atom. The van der Waals surface area contributed by atoms with Gasteiger partial charge in [0, 0.05) is 0 Å². The average Bonchev–Trinajstić information content (AvgIpc) is 2.39. The lowest BCUT2D eigenvalue weighted by atomic mass is 10.0. The van der Waals surface area contributed by atoms with Crippen molar-refractivity contribution in [2.45, 2.75) is 44.4 Å². The third-order valence-electron chi connectivity index (χ3n) is 3.26. The molecular formula is C16H24O3S. The smallest absolute Gasteiger partial charge is 0.266 e. The van der Waals surface area contributed by atoms with Gasteiger partial charge in [-0.3, -0.25) is 4.18 Å². The monoisotopic (exact) mass is 296 g/mol. The van der Waals surface area contributed by atoms with E-state index in [-0.39, 0.29) is 11.5 Å². The molecule has 0 saturated carbocycles. The highest BCUT2D eigenvalue weighted by Gasteiger charge is 2.15. The van der Waals surface area contributed by atoms with Crippen LogP contribution in [0.4, 0.5) is 0 Å². The molecule has 0 aliphatic rings. The third kappa shape index (κ3) is 5.88. The van der Waals surface area contributed by atoms with Gasteiger partial charge < -0.3 is 0 Å². The van der Waals surface area contributed by atoms with Gasteiger partial charge in [-0.1, -0.05) is 37.1 Å². The highest BCUT2D eigenvalue weighted by Crippen LogP contribution is 2.16. The van der Waals surface area contributed by atoms with Crippen LogP contribution in [0.1, 0.15) is 38.2 Å². The van der Waals surface area contributed by atoms with Crippen molar-refractivity contribution in [3.63, 3.8) is 0 Å². The van der Waals surface area contributed by atoms with Gasteiger partial charge in [0.2, 0.25) is 0 Å². The second-order valence-electron chi connectivity index (χ2n) is 5.20. The second-order valence-corrected chi connectivity index (χ2v) is 6.82. The van der Waals surface area contributed by atoms with Gasteiger partial charge in [0.1, 0.15) is 0 Å². The van der Waals surface area contributed by atoms with Crippen LogP contribution in [0.5, 0.6) is 0 Å². The third-order valence-corrected chi connectivity index (χ3v) is 4.59. The molecule has 3 nitrogen and oxygen atoms in total. The van der Waals surface area contributed by atoms with E-state index in [1.54, 1.807) is 24.3 Å². The van der Waals surface area contributed by atoms with Crippen LogP contribution < -0.4 is 0 Å². The van der Waals surface area contributed by atoms with Gasteiger partial charge in [0.05, 0.1) is 11.5 Å². The SMILES string of the molecule is C=CCCCC(C)CCOS(=O)(=O)c1ccc(C)cc1. The minimum atomic E-state index is -3.61. The summed E-state index contributed by atoms with van der Waals surface area (Å²) in [4.78, 5) is 0.224. The molecule has 4 heteroatoms. The number of rotatable bonds is 9. The standard InChI is InChI=1S/C16H24O3S/c1-4-5-6-7-14(2)12-13-19-20(17,18)16-10-8-15(3)9-11-16/h4,8-11,14H,1,5-7,12-13H2,2-3H3. The zero-order valence-corrected chi connectivity index (χ0v) is 13.2. The minimum absolute atomic E-state index is 0.224. The minimum Gasteiger partial charge on any atom is -0.266 e. The predicted octanol–water partition coefficient (Wildman–Crippen LogP) is 4.08. The summed E-state index contributed by atoms with van der Waals surface area (Å²) in [6.07, 6.45) is 5.83. The van der Waals surface area contributed by atoms with Crippen LogP contribution in [0, 0.1) is 12.8 Å². The van der Waals surface area contributed by atoms with Gasteiger partial charge in [-0.2, -0.15) is 8.42 Å². The first-order valence-corrected chi connectivity index (χ1v) is 8.43. The lowest BCUT2D eigenvalue weighted by Crippen LogP contribution is -2.10. The van der Waals surface area contributed by atoms with Crippen LogP contribution >= 0.6 is 0 Å².